The fourth-order valence-corrected chi connectivity index (χ4v) is 4.83. The van der Waals surface area contributed by atoms with Crippen LogP contribution in [-0.2, 0) is 23.2 Å². The number of rotatable bonds is 20. The molecule has 0 saturated carbocycles. The van der Waals surface area contributed by atoms with Crippen LogP contribution in [0.15, 0.2) is 42.9 Å². The summed E-state index contributed by atoms with van der Waals surface area (Å²) in [6.07, 6.45) is 29.3. The molecular formula is C29H47N2O3S+. The lowest BCUT2D eigenvalue weighted by molar-refractivity contribution is -0.692. The van der Waals surface area contributed by atoms with Crippen LogP contribution in [0.4, 0.5) is 0 Å². The molecule has 0 fully saturated rings. The molecule has 0 spiro atoms. The van der Waals surface area contributed by atoms with Gasteiger partial charge in [-0.05, 0) is 30.2 Å². The van der Waals surface area contributed by atoms with Crippen LogP contribution in [-0.4, -0.2) is 23.3 Å². The molecule has 35 heavy (non-hydrogen) atoms. The molecule has 0 aliphatic carbocycles. The van der Waals surface area contributed by atoms with E-state index in [1.807, 2.05) is 24.5 Å². The Bertz CT molecular complexity index is 933. The van der Waals surface area contributed by atoms with Gasteiger partial charge in [0.25, 0.3) is 10.1 Å². The summed E-state index contributed by atoms with van der Waals surface area (Å²) in [5.41, 5.74) is 2.25. The van der Waals surface area contributed by atoms with Gasteiger partial charge >= 0.3 is 0 Å². The van der Waals surface area contributed by atoms with E-state index in [2.05, 4.69) is 42.0 Å². The Kier molecular flexibility index (Phi) is 14.7. The highest BCUT2D eigenvalue weighted by atomic mass is 32.2. The number of hydrogen-bond acceptors (Lipinski definition) is 2. The molecule has 0 unspecified atom stereocenters. The van der Waals surface area contributed by atoms with Crippen LogP contribution in [0.1, 0.15) is 108 Å². The third-order valence-electron chi connectivity index (χ3n) is 6.59. The molecule has 6 heteroatoms. The zero-order chi connectivity index (χ0) is 25.2. The molecule has 5 nitrogen and oxygen atoms in total. The van der Waals surface area contributed by atoms with E-state index in [1.54, 1.807) is 4.57 Å². The fourth-order valence-electron chi connectivity index (χ4n) is 4.39. The number of aromatic nitrogens is 2. The van der Waals surface area contributed by atoms with E-state index < -0.39 is 10.1 Å². The number of aryl methyl sites for hydroxylation is 2. The summed E-state index contributed by atoms with van der Waals surface area (Å²) in [5, 5.41) is 0. The predicted octanol–water partition coefficient (Wildman–Crippen LogP) is 7.32. The molecule has 2 rings (SSSR count). The average molecular weight is 504 g/mol. The summed E-state index contributed by atoms with van der Waals surface area (Å²) in [6, 6.07) is 8.12. The monoisotopic (exact) mass is 503 g/mol. The van der Waals surface area contributed by atoms with Gasteiger partial charge < -0.3 is 4.57 Å². The van der Waals surface area contributed by atoms with Crippen LogP contribution in [0.5, 0.6) is 0 Å². The highest BCUT2D eigenvalue weighted by Crippen LogP contribution is 2.14. The van der Waals surface area contributed by atoms with Gasteiger partial charge in [-0.15, -0.1) is 0 Å². The fraction of sp³-hybridized carbons (Fsp3) is 0.621. The number of unbranched alkanes of at least 4 members (excludes halogenated alkanes) is 13. The van der Waals surface area contributed by atoms with E-state index in [0.29, 0.717) is 0 Å². The molecule has 0 aliphatic heterocycles. The Morgan fingerprint density at radius 2 is 1.34 bits per heavy atom. The lowest BCUT2D eigenvalue weighted by atomic mass is 10.0. The van der Waals surface area contributed by atoms with Crippen LogP contribution < -0.4 is 4.57 Å². The van der Waals surface area contributed by atoms with Crippen LogP contribution >= 0.6 is 0 Å². The van der Waals surface area contributed by atoms with Gasteiger partial charge in [-0.25, -0.2) is 4.57 Å². The van der Waals surface area contributed by atoms with Crippen molar-refractivity contribution in [2.75, 3.05) is 5.75 Å². The Morgan fingerprint density at radius 3 is 1.89 bits per heavy atom. The van der Waals surface area contributed by atoms with Crippen molar-refractivity contribution >= 4 is 22.3 Å². The minimum absolute atomic E-state index is 0.241. The first-order valence-corrected chi connectivity index (χ1v) is 15.4. The van der Waals surface area contributed by atoms with Crippen molar-refractivity contribution in [1.29, 1.82) is 0 Å². The smallest absolute Gasteiger partial charge is 0.271 e. The Hall–Kier alpha value is -1.92. The van der Waals surface area contributed by atoms with E-state index in [-0.39, 0.29) is 12.3 Å². The largest absolute Gasteiger partial charge is 0.348 e. The Balaban J connectivity index is 1.56. The van der Waals surface area contributed by atoms with E-state index in [0.717, 1.165) is 12.1 Å². The number of hydrogen-bond donors (Lipinski definition) is 1. The van der Waals surface area contributed by atoms with Gasteiger partial charge in [0.1, 0.15) is 5.75 Å². The lowest BCUT2D eigenvalue weighted by Crippen LogP contribution is -2.36. The van der Waals surface area contributed by atoms with Crippen molar-refractivity contribution in [3.8, 4) is 0 Å². The van der Waals surface area contributed by atoms with Crippen molar-refractivity contribution in [2.45, 2.75) is 110 Å². The third kappa shape index (κ3) is 14.3. The first-order chi connectivity index (χ1) is 17.0. The molecule has 1 N–H and O–H groups in total. The average Bonchev–Trinajstić information content (AvgIpc) is 3.29. The zero-order valence-corrected chi connectivity index (χ0v) is 22.6. The molecule has 0 aliphatic rings. The standard InChI is InChI=1S/C29H46N2O3S/c1-2-3-4-5-6-7-8-9-10-11-12-13-14-15-22-31-23-16-17-29(31)19-18-28-20-24-30(25-21-28)26-27-35(32,33)34/h16-21,23-25H,2-15,22,26-27H2,1H3/p+1. The van der Waals surface area contributed by atoms with Crippen LogP contribution in [0.2, 0.25) is 0 Å². The van der Waals surface area contributed by atoms with Crippen molar-refractivity contribution in [2.24, 2.45) is 0 Å². The molecule has 0 amide bonds. The summed E-state index contributed by atoms with van der Waals surface area (Å²) in [6.45, 7) is 3.57. The second-order valence-electron chi connectivity index (χ2n) is 9.71. The molecule has 2 heterocycles. The van der Waals surface area contributed by atoms with Crippen molar-refractivity contribution < 1.29 is 17.5 Å². The first kappa shape index (κ1) is 29.3. The van der Waals surface area contributed by atoms with E-state index in [1.165, 1.54) is 95.6 Å². The Labute approximate surface area is 214 Å². The molecule has 196 valence electrons. The van der Waals surface area contributed by atoms with Crippen LogP contribution in [0, 0.1) is 0 Å². The molecular weight excluding hydrogens is 456 g/mol. The molecule has 2 aromatic rings. The van der Waals surface area contributed by atoms with Crippen molar-refractivity contribution in [3.05, 3.63) is 54.1 Å². The van der Waals surface area contributed by atoms with Gasteiger partial charge in [-0.1, -0.05) is 96.5 Å². The van der Waals surface area contributed by atoms with Crippen molar-refractivity contribution in [1.82, 2.24) is 4.57 Å². The molecule has 0 atom stereocenters. The van der Waals surface area contributed by atoms with Crippen molar-refractivity contribution in [3.63, 3.8) is 0 Å². The SMILES string of the molecule is CCCCCCCCCCCCCCCCn1cccc1/C=C/c1cc[n+](CCS(=O)(=O)O)cc1. The summed E-state index contributed by atoms with van der Waals surface area (Å²) in [4.78, 5) is 0. The van der Waals surface area contributed by atoms with E-state index >= 15 is 0 Å². The molecule has 0 bridgehead atoms. The maximum absolute atomic E-state index is 10.9. The van der Waals surface area contributed by atoms with E-state index in [9.17, 15) is 8.42 Å². The molecule has 0 saturated heterocycles. The minimum Gasteiger partial charge on any atom is -0.348 e. The molecule has 2 aromatic heterocycles. The van der Waals surface area contributed by atoms with Gasteiger partial charge in [0.05, 0.1) is 0 Å². The quantitative estimate of drug-likeness (QED) is 0.117. The highest BCUT2D eigenvalue weighted by molar-refractivity contribution is 7.85. The van der Waals surface area contributed by atoms with Gasteiger partial charge in [0.2, 0.25) is 0 Å². The van der Waals surface area contributed by atoms with Gasteiger partial charge in [0.15, 0.2) is 18.9 Å². The summed E-state index contributed by atoms with van der Waals surface area (Å²) in [7, 11) is -3.94. The Morgan fingerprint density at radius 1 is 0.800 bits per heavy atom. The second kappa shape index (κ2) is 17.5. The predicted molar refractivity (Wildman–Crippen MR) is 147 cm³/mol. The molecule has 0 aromatic carbocycles. The van der Waals surface area contributed by atoms with Gasteiger partial charge in [0, 0.05) is 30.6 Å². The van der Waals surface area contributed by atoms with Gasteiger partial charge in [-0.2, -0.15) is 8.42 Å². The normalized spacial score (nSPS) is 12.1. The third-order valence-corrected chi connectivity index (χ3v) is 7.29. The maximum Gasteiger partial charge on any atom is 0.271 e. The van der Waals surface area contributed by atoms with E-state index in [4.69, 9.17) is 4.55 Å². The van der Waals surface area contributed by atoms with Gasteiger partial charge in [-0.3, -0.25) is 4.55 Å². The maximum atomic E-state index is 10.9. The van der Waals surface area contributed by atoms with Crippen LogP contribution in [0.25, 0.3) is 12.2 Å². The number of pyridine rings is 1. The molecule has 0 radical (unpaired) electrons. The first-order valence-electron chi connectivity index (χ1n) is 13.8. The summed E-state index contributed by atoms with van der Waals surface area (Å²) < 4.78 is 34.7. The van der Waals surface area contributed by atoms with Crippen LogP contribution in [0.3, 0.4) is 0 Å². The second-order valence-corrected chi connectivity index (χ2v) is 11.3. The highest BCUT2D eigenvalue weighted by Gasteiger charge is 2.09. The lowest BCUT2D eigenvalue weighted by Gasteiger charge is -2.07. The number of nitrogens with zero attached hydrogens (tertiary/aromatic N) is 2. The summed E-state index contributed by atoms with van der Waals surface area (Å²) >= 11 is 0. The minimum atomic E-state index is -3.94. The zero-order valence-electron chi connectivity index (χ0n) is 21.8. The topological polar surface area (TPSA) is 63.2 Å². The summed E-state index contributed by atoms with van der Waals surface area (Å²) in [5.74, 6) is -0.278.